The van der Waals surface area contributed by atoms with Crippen LogP contribution in [0.1, 0.15) is 32.1 Å². The normalized spacial score (nSPS) is 18.2. The van der Waals surface area contributed by atoms with E-state index in [0.29, 0.717) is 18.0 Å². The molecule has 1 spiro atoms. The number of hydrogen-bond acceptors (Lipinski definition) is 6. The van der Waals surface area contributed by atoms with Crippen molar-refractivity contribution < 1.29 is 19.1 Å². The summed E-state index contributed by atoms with van der Waals surface area (Å²) in [5, 5.41) is 4.97. The van der Waals surface area contributed by atoms with E-state index < -0.39 is 17.5 Å². The van der Waals surface area contributed by atoms with E-state index in [2.05, 4.69) is 10.3 Å². The highest BCUT2D eigenvalue weighted by molar-refractivity contribution is 7.14. The number of nitrogens with zero attached hydrogens (tertiary/aromatic N) is 3. The van der Waals surface area contributed by atoms with Crippen LogP contribution in [0.4, 0.5) is 9.93 Å². The van der Waals surface area contributed by atoms with Crippen LogP contribution in [0.3, 0.4) is 0 Å². The van der Waals surface area contributed by atoms with Gasteiger partial charge in [-0.15, -0.1) is 11.3 Å². The molecule has 1 aromatic carbocycles. The number of anilines is 1. The van der Waals surface area contributed by atoms with Crippen molar-refractivity contribution in [3.8, 4) is 17.0 Å². The molecule has 1 saturated heterocycles. The van der Waals surface area contributed by atoms with Gasteiger partial charge >= 0.3 is 6.03 Å². The zero-order chi connectivity index (χ0) is 21.3. The summed E-state index contributed by atoms with van der Waals surface area (Å²) in [5.74, 6) is 0.0552. The molecule has 158 valence electrons. The summed E-state index contributed by atoms with van der Waals surface area (Å²) in [4.78, 5) is 45.2. The largest absolute Gasteiger partial charge is 0.497 e. The molecule has 0 atom stereocenters. The minimum Gasteiger partial charge on any atom is -0.497 e. The first kappa shape index (κ1) is 20.3. The van der Waals surface area contributed by atoms with Crippen LogP contribution in [-0.4, -0.2) is 58.9 Å². The second-order valence-corrected chi connectivity index (χ2v) is 8.50. The van der Waals surface area contributed by atoms with E-state index >= 15 is 0 Å². The number of amides is 4. The van der Waals surface area contributed by atoms with Gasteiger partial charge in [0.25, 0.3) is 5.91 Å². The standard InChI is InChI=1S/C21H24N4O4S/c1-24-20(28)25(18(27)21(24)10-4-3-5-11-21)12-17(26)23-19-22-16(13-30-19)14-6-8-15(29-2)9-7-14/h6-9,13H,3-5,10-12H2,1-2H3,(H,22,23,26). The highest BCUT2D eigenvalue weighted by atomic mass is 32.1. The number of aromatic nitrogens is 1. The third-order valence-corrected chi connectivity index (χ3v) is 6.68. The molecule has 30 heavy (non-hydrogen) atoms. The highest BCUT2D eigenvalue weighted by Crippen LogP contribution is 2.39. The van der Waals surface area contributed by atoms with E-state index in [1.54, 1.807) is 14.2 Å². The fraction of sp³-hybridized carbons (Fsp3) is 0.429. The number of methoxy groups -OCH3 is 1. The van der Waals surface area contributed by atoms with Crippen molar-refractivity contribution in [2.45, 2.75) is 37.6 Å². The Labute approximate surface area is 178 Å². The first-order chi connectivity index (χ1) is 14.4. The summed E-state index contributed by atoms with van der Waals surface area (Å²) in [6, 6.07) is 7.06. The Balaban J connectivity index is 1.42. The van der Waals surface area contributed by atoms with Crippen molar-refractivity contribution in [3.63, 3.8) is 0 Å². The lowest BCUT2D eigenvalue weighted by molar-refractivity contribution is -0.136. The number of benzene rings is 1. The number of carbonyl (C=O) groups is 3. The molecule has 8 nitrogen and oxygen atoms in total. The molecule has 1 aliphatic carbocycles. The van der Waals surface area contributed by atoms with Gasteiger partial charge in [-0.25, -0.2) is 9.78 Å². The van der Waals surface area contributed by atoms with Gasteiger partial charge < -0.3 is 15.0 Å². The molecule has 0 bridgehead atoms. The number of hydrogen-bond donors (Lipinski definition) is 1. The predicted molar refractivity (Wildman–Crippen MR) is 113 cm³/mol. The summed E-state index contributed by atoms with van der Waals surface area (Å²) >= 11 is 1.29. The van der Waals surface area contributed by atoms with Crippen LogP contribution in [0.15, 0.2) is 29.6 Å². The SMILES string of the molecule is COc1ccc(-c2csc(NC(=O)CN3C(=O)N(C)C4(CCCCC4)C3=O)n2)cc1. The van der Waals surface area contributed by atoms with Gasteiger partial charge in [-0.2, -0.15) is 0 Å². The number of likely N-dealkylation sites (N-methyl/N-ethyl adjacent to an activating group) is 1. The summed E-state index contributed by atoms with van der Waals surface area (Å²) in [7, 11) is 3.26. The van der Waals surface area contributed by atoms with Gasteiger partial charge in [0, 0.05) is 18.0 Å². The van der Waals surface area contributed by atoms with Gasteiger partial charge in [0.1, 0.15) is 17.8 Å². The first-order valence-corrected chi connectivity index (χ1v) is 10.8. The molecule has 4 rings (SSSR count). The second-order valence-electron chi connectivity index (χ2n) is 7.64. The summed E-state index contributed by atoms with van der Waals surface area (Å²) in [6.07, 6.45) is 4.21. The van der Waals surface area contributed by atoms with Crippen molar-refractivity contribution in [1.82, 2.24) is 14.8 Å². The monoisotopic (exact) mass is 428 g/mol. The molecular formula is C21H24N4O4S. The van der Waals surface area contributed by atoms with Crippen LogP contribution < -0.4 is 10.1 Å². The average molecular weight is 429 g/mol. The van der Waals surface area contributed by atoms with Crippen molar-refractivity contribution in [3.05, 3.63) is 29.6 Å². The highest BCUT2D eigenvalue weighted by Gasteiger charge is 2.55. The molecule has 1 aliphatic heterocycles. The van der Waals surface area contributed by atoms with Gasteiger partial charge in [0.2, 0.25) is 5.91 Å². The van der Waals surface area contributed by atoms with E-state index in [4.69, 9.17) is 4.74 Å². The smallest absolute Gasteiger partial charge is 0.327 e. The Morgan fingerprint density at radius 2 is 1.90 bits per heavy atom. The molecule has 2 aliphatic rings. The average Bonchev–Trinajstić information content (AvgIpc) is 3.29. The zero-order valence-corrected chi connectivity index (χ0v) is 17.8. The lowest BCUT2D eigenvalue weighted by atomic mass is 9.81. The van der Waals surface area contributed by atoms with Crippen LogP contribution >= 0.6 is 11.3 Å². The number of thiazole rings is 1. The number of imide groups is 1. The Morgan fingerprint density at radius 1 is 1.20 bits per heavy atom. The van der Waals surface area contributed by atoms with Gasteiger partial charge in [-0.3, -0.25) is 14.5 Å². The number of ether oxygens (including phenoxy) is 1. The second kappa shape index (κ2) is 8.06. The number of carbonyl (C=O) groups excluding carboxylic acids is 3. The Morgan fingerprint density at radius 3 is 2.57 bits per heavy atom. The molecule has 1 N–H and O–H groups in total. The number of nitrogens with one attached hydrogen (secondary N) is 1. The lowest BCUT2D eigenvalue weighted by Gasteiger charge is -2.35. The molecule has 2 heterocycles. The van der Waals surface area contributed by atoms with E-state index in [1.165, 1.54) is 16.2 Å². The maximum absolute atomic E-state index is 13.0. The molecule has 2 aromatic rings. The third kappa shape index (κ3) is 3.54. The van der Waals surface area contributed by atoms with Crippen molar-refractivity contribution in [2.75, 3.05) is 26.0 Å². The predicted octanol–water partition coefficient (Wildman–Crippen LogP) is 3.35. The lowest BCUT2D eigenvalue weighted by Crippen LogP contribution is -2.49. The van der Waals surface area contributed by atoms with Crippen LogP contribution in [0.25, 0.3) is 11.3 Å². The number of rotatable bonds is 5. The third-order valence-electron chi connectivity index (χ3n) is 5.92. The molecule has 9 heteroatoms. The minimum atomic E-state index is -0.779. The molecule has 1 saturated carbocycles. The minimum absolute atomic E-state index is 0.261. The van der Waals surface area contributed by atoms with Crippen LogP contribution in [0.5, 0.6) is 5.75 Å². The van der Waals surface area contributed by atoms with E-state index in [9.17, 15) is 14.4 Å². The van der Waals surface area contributed by atoms with Crippen LogP contribution in [0, 0.1) is 0 Å². The Bertz CT molecular complexity index is 966. The molecule has 2 fully saturated rings. The quantitative estimate of drug-likeness (QED) is 0.738. The van der Waals surface area contributed by atoms with Gasteiger partial charge in [-0.05, 0) is 37.1 Å². The van der Waals surface area contributed by atoms with Crippen LogP contribution in [-0.2, 0) is 9.59 Å². The van der Waals surface area contributed by atoms with Crippen molar-refractivity contribution >= 4 is 34.3 Å². The Hall–Kier alpha value is -2.94. The number of urea groups is 1. The zero-order valence-electron chi connectivity index (χ0n) is 17.0. The summed E-state index contributed by atoms with van der Waals surface area (Å²) < 4.78 is 5.15. The molecule has 4 amide bonds. The first-order valence-electron chi connectivity index (χ1n) is 9.94. The van der Waals surface area contributed by atoms with Crippen molar-refractivity contribution in [1.29, 1.82) is 0 Å². The van der Waals surface area contributed by atoms with Crippen molar-refractivity contribution in [2.24, 2.45) is 0 Å². The molecule has 0 radical (unpaired) electrons. The topological polar surface area (TPSA) is 91.8 Å². The summed E-state index contributed by atoms with van der Waals surface area (Å²) in [5.41, 5.74) is 0.851. The Kier molecular flexibility index (Phi) is 5.46. The maximum atomic E-state index is 13.0. The van der Waals surface area contributed by atoms with Crippen LogP contribution in [0.2, 0.25) is 0 Å². The maximum Gasteiger partial charge on any atom is 0.327 e. The fourth-order valence-corrected chi connectivity index (χ4v) is 4.93. The fourth-order valence-electron chi connectivity index (χ4n) is 4.20. The van der Waals surface area contributed by atoms with Gasteiger partial charge in [0.05, 0.1) is 12.8 Å². The summed E-state index contributed by atoms with van der Waals surface area (Å²) in [6.45, 7) is -0.304. The molecule has 1 aromatic heterocycles. The van der Waals surface area contributed by atoms with E-state index in [0.717, 1.165) is 41.2 Å². The molecular weight excluding hydrogens is 404 g/mol. The van der Waals surface area contributed by atoms with Gasteiger partial charge in [-0.1, -0.05) is 19.3 Å². The van der Waals surface area contributed by atoms with E-state index in [1.807, 2.05) is 29.6 Å². The molecule has 0 unspecified atom stereocenters. The van der Waals surface area contributed by atoms with E-state index in [-0.39, 0.29) is 12.5 Å². The van der Waals surface area contributed by atoms with Gasteiger partial charge in [0.15, 0.2) is 5.13 Å².